The summed E-state index contributed by atoms with van der Waals surface area (Å²) in [5.41, 5.74) is -0.482. The van der Waals surface area contributed by atoms with Gasteiger partial charge in [0.2, 0.25) is 0 Å². The Kier molecular flexibility index (Phi) is 2.44. The number of sulfonamides is 1. The maximum atomic E-state index is 11.5. The highest BCUT2D eigenvalue weighted by Gasteiger charge is 2.22. The fraction of sp³-hybridized carbons (Fsp3) is 0.571. The topological polar surface area (TPSA) is 74.8 Å². The Labute approximate surface area is 77.6 Å². The lowest BCUT2D eigenvalue weighted by molar-refractivity contribution is 0.489. The Morgan fingerprint density at radius 1 is 1.46 bits per heavy atom. The number of hydrogen-bond acceptors (Lipinski definition) is 3. The van der Waals surface area contributed by atoms with E-state index in [0.29, 0.717) is 0 Å². The number of nitrogens with one attached hydrogen (secondary N) is 2. The zero-order chi connectivity index (χ0) is 10.1. The fourth-order valence-corrected chi connectivity index (χ4v) is 2.18. The Balaban J connectivity index is 2.93. The molecule has 1 rings (SSSR count). The van der Waals surface area contributed by atoms with Crippen molar-refractivity contribution < 1.29 is 8.42 Å². The van der Waals surface area contributed by atoms with Crippen LogP contribution in [-0.2, 0) is 10.0 Å². The first kappa shape index (κ1) is 10.2. The fourth-order valence-electron chi connectivity index (χ4n) is 0.851. The van der Waals surface area contributed by atoms with Gasteiger partial charge in [-0.15, -0.1) is 0 Å². The molecule has 5 nitrogen and oxygen atoms in total. The van der Waals surface area contributed by atoms with Crippen molar-refractivity contribution in [3.8, 4) is 0 Å². The van der Waals surface area contributed by atoms with Crippen LogP contribution >= 0.6 is 0 Å². The number of nitrogens with zero attached hydrogens (tertiary/aromatic N) is 1. The average molecular weight is 203 g/mol. The first-order chi connectivity index (χ1) is 5.81. The van der Waals surface area contributed by atoms with Crippen molar-refractivity contribution in [3.63, 3.8) is 0 Å². The third-order valence-corrected chi connectivity index (χ3v) is 2.89. The molecule has 0 unspecified atom stereocenters. The second-order valence-corrected chi connectivity index (χ2v) is 5.43. The van der Waals surface area contributed by atoms with Gasteiger partial charge in [-0.1, -0.05) is 0 Å². The van der Waals surface area contributed by atoms with Gasteiger partial charge >= 0.3 is 0 Å². The summed E-state index contributed by atoms with van der Waals surface area (Å²) in [6.45, 7) is 5.34. The third kappa shape index (κ3) is 2.82. The molecule has 1 aromatic rings. The molecule has 0 atom stereocenters. The van der Waals surface area contributed by atoms with Crippen LogP contribution in [0.15, 0.2) is 17.3 Å². The number of hydrogen-bond donors (Lipinski definition) is 2. The summed E-state index contributed by atoms with van der Waals surface area (Å²) < 4.78 is 25.6. The maximum Gasteiger partial charge on any atom is 0.257 e. The van der Waals surface area contributed by atoms with Gasteiger partial charge in [-0.25, -0.2) is 13.1 Å². The molecule has 0 fully saturated rings. The minimum absolute atomic E-state index is 0.0856. The molecule has 0 radical (unpaired) electrons. The van der Waals surface area contributed by atoms with E-state index in [9.17, 15) is 8.42 Å². The first-order valence-electron chi connectivity index (χ1n) is 3.85. The third-order valence-electron chi connectivity index (χ3n) is 1.21. The van der Waals surface area contributed by atoms with Gasteiger partial charge in [-0.2, -0.15) is 5.10 Å². The Bertz CT molecular complexity index is 361. The summed E-state index contributed by atoms with van der Waals surface area (Å²) in [4.78, 5) is 0. The van der Waals surface area contributed by atoms with Gasteiger partial charge in [0.05, 0.1) is 6.20 Å². The molecule has 0 saturated heterocycles. The second kappa shape index (κ2) is 3.12. The van der Waals surface area contributed by atoms with E-state index in [1.807, 2.05) is 0 Å². The van der Waals surface area contributed by atoms with Gasteiger partial charge in [-0.3, -0.25) is 5.10 Å². The lowest BCUT2D eigenvalue weighted by Crippen LogP contribution is -2.40. The summed E-state index contributed by atoms with van der Waals surface area (Å²) >= 11 is 0. The molecule has 0 aromatic carbocycles. The van der Waals surface area contributed by atoms with Crippen molar-refractivity contribution in [1.29, 1.82) is 0 Å². The molecule has 0 aliphatic rings. The molecular weight excluding hydrogens is 190 g/mol. The van der Waals surface area contributed by atoms with E-state index >= 15 is 0 Å². The van der Waals surface area contributed by atoms with E-state index in [1.165, 1.54) is 12.3 Å². The summed E-state index contributed by atoms with van der Waals surface area (Å²) in [7, 11) is -3.44. The van der Waals surface area contributed by atoms with Crippen molar-refractivity contribution in [2.75, 3.05) is 0 Å². The van der Waals surface area contributed by atoms with Crippen molar-refractivity contribution in [3.05, 3.63) is 12.3 Å². The molecule has 74 valence electrons. The molecule has 13 heavy (non-hydrogen) atoms. The van der Waals surface area contributed by atoms with Gasteiger partial charge in [0.15, 0.2) is 5.03 Å². The number of aromatic amines is 1. The highest BCUT2D eigenvalue weighted by Crippen LogP contribution is 2.08. The van der Waals surface area contributed by atoms with E-state index in [0.717, 1.165) is 0 Å². The maximum absolute atomic E-state index is 11.5. The molecule has 2 N–H and O–H groups in total. The van der Waals surface area contributed by atoms with Gasteiger partial charge < -0.3 is 0 Å². The normalized spacial score (nSPS) is 13.2. The second-order valence-electron chi connectivity index (χ2n) is 3.78. The molecule has 1 aromatic heterocycles. The summed E-state index contributed by atoms with van der Waals surface area (Å²) in [5.74, 6) is 0. The van der Waals surface area contributed by atoms with E-state index in [4.69, 9.17) is 0 Å². The molecule has 0 aliphatic carbocycles. The van der Waals surface area contributed by atoms with Crippen LogP contribution in [0.2, 0.25) is 0 Å². The van der Waals surface area contributed by atoms with Crippen LogP contribution in [0, 0.1) is 0 Å². The molecule has 0 spiro atoms. The zero-order valence-corrected chi connectivity index (χ0v) is 8.64. The van der Waals surface area contributed by atoms with Crippen LogP contribution in [0.4, 0.5) is 0 Å². The van der Waals surface area contributed by atoms with Gasteiger partial charge in [-0.05, 0) is 26.8 Å². The van der Waals surface area contributed by atoms with Crippen LogP contribution < -0.4 is 4.72 Å². The molecule has 0 aliphatic heterocycles. The van der Waals surface area contributed by atoms with Crippen LogP contribution in [0.1, 0.15) is 20.8 Å². The minimum atomic E-state index is -3.44. The lowest BCUT2D eigenvalue weighted by Gasteiger charge is -2.19. The van der Waals surface area contributed by atoms with E-state index in [2.05, 4.69) is 14.9 Å². The number of rotatable bonds is 2. The standard InChI is InChI=1S/C7H13N3O2S/c1-7(2,3)10-13(11,12)6-4-5-8-9-6/h4-5,10H,1-3H3,(H,8,9). The quantitative estimate of drug-likeness (QED) is 0.734. The first-order valence-corrected chi connectivity index (χ1v) is 5.33. The largest absolute Gasteiger partial charge is 0.266 e. The smallest absolute Gasteiger partial charge is 0.257 e. The minimum Gasteiger partial charge on any atom is -0.266 e. The Hall–Kier alpha value is -0.880. The Morgan fingerprint density at radius 3 is 2.46 bits per heavy atom. The van der Waals surface area contributed by atoms with Crippen LogP contribution in [-0.4, -0.2) is 24.2 Å². The highest BCUT2D eigenvalue weighted by atomic mass is 32.2. The molecule has 0 bridgehead atoms. The van der Waals surface area contributed by atoms with Crippen molar-refractivity contribution in [2.24, 2.45) is 0 Å². The molecule has 0 amide bonds. The Morgan fingerprint density at radius 2 is 2.08 bits per heavy atom. The van der Waals surface area contributed by atoms with E-state index in [-0.39, 0.29) is 5.03 Å². The van der Waals surface area contributed by atoms with Crippen LogP contribution in [0.5, 0.6) is 0 Å². The van der Waals surface area contributed by atoms with Crippen molar-refractivity contribution in [1.82, 2.24) is 14.9 Å². The van der Waals surface area contributed by atoms with E-state index < -0.39 is 15.6 Å². The van der Waals surface area contributed by atoms with Gasteiger partial charge in [0.1, 0.15) is 0 Å². The molecule has 0 saturated carbocycles. The predicted octanol–water partition coefficient (Wildman–Crippen LogP) is 0.486. The van der Waals surface area contributed by atoms with E-state index in [1.54, 1.807) is 20.8 Å². The van der Waals surface area contributed by atoms with Gasteiger partial charge in [0, 0.05) is 5.54 Å². The summed E-state index contributed by atoms with van der Waals surface area (Å²) in [5, 5.41) is 6.06. The van der Waals surface area contributed by atoms with Crippen LogP contribution in [0.3, 0.4) is 0 Å². The van der Waals surface area contributed by atoms with Crippen molar-refractivity contribution in [2.45, 2.75) is 31.3 Å². The van der Waals surface area contributed by atoms with Gasteiger partial charge in [0.25, 0.3) is 10.0 Å². The zero-order valence-electron chi connectivity index (χ0n) is 7.83. The summed E-state index contributed by atoms with van der Waals surface area (Å²) in [6.07, 6.45) is 1.40. The highest BCUT2D eigenvalue weighted by molar-refractivity contribution is 7.89. The molecule has 6 heteroatoms. The summed E-state index contributed by atoms with van der Waals surface area (Å²) in [6, 6.07) is 1.41. The van der Waals surface area contributed by atoms with Crippen LogP contribution in [0.25, 0.3) is 0 Å². The molecular formula is C7H13N3O2S. The number of H-pyrrole nitrogens is 1. The average Bonchev–Trinajstić information content (AvgIpc) is 2.29. The number of aromatic nitrogens is 2. The SMILES string of the molecule is CC(C)(C)NS(=O)(=O)c1ccn[nH]1. The van der Waals surface area contributed by atoms with Crippen molar-refractivity contribution >= 4 is 10.0 Å². The predicted molar refractivity (Wildman–Crippen MR) is 48.7 cm³/mol. The monoisotopic (exact) mass is 203 g/mol. The molecule has 1 heterocycles. The lowest BCUT2D eigenvalue weighted by atomic mass is 10.1.